The Morgan fingerprint density at radius 1 is 1.04 bits per heavy atom. The summed E-state index contributed by atoms with van der Waals surface area (Å²) in [5.41, 5.74) is 1.84. The number of amides is 1. The fourth-order valence-corrected chi connectivity index (χ4v) is 2.83. The van der Waals surface area contributed by atoms with Gasteiger partial charge in [0.1, 0.15) is 5.75 Å². The standard InChI is InChI=1S/C21H22N2O2/c1-14(21(24)23-15(2)20-6-4-5-11-22-20)16-7-8-18-13-19(25-3)10-9-17(18)12-16/h4-15H,1-3H3,(H,23,24). The molecular weight excluding hydrogens is 312 g/mol. The zero-order chi connectivity index (χ0) is 17.8. The molecule has 1 amide bonds. The first-order valence-electron chi connectivity index (χ1n) is 8.37. The molecule has 0 aliphatic rings. The predicted molar refractivity (Wildman–Crippen MR) is 99.7 cm³/mol. The van der Waals surface area contributed by atoms with Crippen molar-refractivity contribution in [3.05, 3.63) is 72.1 Å². The lowest BCUT2D eigenvalue weighted by molar-refractivity contribution is -0.122. The molecule has 2 aromatic carbocycles. The number of benzene rings is 2. The first-order valence-corrected chi connectivity index (χ1v) is 8.37. The normalized spacial score (nSPS) is 13.2. The van der Waals surface area contributed by atoms with Crippen molar-refractivity contribution in [1.82, 2.24) is 10.3 Å². The molecule has 1 N–H and O–H groups in total. The summed E-state index contributed by atoms with van der Waals surface area (Å²) in [6.07, 6.45) is 1.74. The average Bonchev–Trinajstić information content (AvgIpc) is 2.67. The van der Waals surface area contributed by atoms with Crippen LogP contribution in [0.5, 0.6) is 5.75 Å². The first kappa shape index (κ1) is 17.0. The lowest BCUT2D eigenvalue weighted by Crippen LogP contribution is -2.30. The van der Waals surface area contributed by atoms with Crippen molar-refractivity contribution in [3.8, 4) is 5.75 Å². The Hall–Kier alpha value is -2.88. The molecule has 2 unspecified atom stereocenters. The van der Waals surface area contributed by atoms with E-state index in [4.69, 9.17) is 4.74 Å². The van der Waals surface area contributed by atoms with Gasteiger partial charge in [-0.1, -0.05) is 30.3 Å². The van der Waals surface area contributed by atoms with Gasteiger partial charge in [0, 0.05) is 6.20 Å². The third-order valence-corrected chi connectivity index (χ3v) is 4.45. The number of fused-ring (bicyclic) bond motifs is 1. The lowest BCUT2D eigenvalue weighted by atomic mass is 9.96. The van der Waals surface area contributed by atoms with E-state index in [1.54, 1.807) is 13.3 Å². The molecular formula is C21H22N2O2. The molecule has 4 nitrogen and oxygen atoms in total. The minimum Gasteiger partial charge on any atom is -0.497 e. The summed E-state index contributed by atoms with van der Waals surface area (Å²) in [6.45, 7) is 3.87. The van der Waals surface area contributed by atoms with Gasteiger partial charge in [0.05, 0.1) is 24.8 Å². The molecule has 128 valence electrons. The summed E-state index contributed by atoms with van der Waals surface area (Å²) < 4.78 is 5.25. The summed E-state index contributed by atoms with van der Waals surface area (Å²) in [6, 6.07) is 17.6. The number of carbonyl (C=O) groups excluding carboxylic acids is 1. The smallest absolute Gasteiger partial charge is 0.227 e. The molecule has 1 aromatic heterocycles. The summed E-state index contributed by atoms with van der Waals surface area (Å²) in [5, 5.41) is 5.23. The van der Waals surface area contributed by atoms with E-state index in [9.17, 15) is 4.79 Å². The van der Waals surface area contributed by atoms with Gasteiger partial charge in [0.25, 0.3) is 0 Å². The molecule has 0 bridgehead atoms. The SMILES string of the molecule is COc1ccc2cc(C(C)C(=O)NC(C)c3ccccn3)ccc2c1. The molecule has 2 atom stereocenters. The Kier molecular flexibility index (Phi) is 4.98. The van der Waals surface area contributed by atoms with Gasteiger partial charge in [-0.05, 0) is 54.4 Å². The number of nitrogens with zero attached hydrogens (tertiary/aromatic N) is 1. The third kappa shape index (κ3) is 3.79. The van der Waals surface area contributed by atoms with Gasteiger partial charge in [0.15, 0.2) is 0 Å². The van der Waals surface area contributed by atoms with Gasteiger partial charge in [-0.3, -0.25) is 9.78 Å². The summed E-state index contributed by atoms with van der Waals surface area (Å²) in [5.74, 6) is 0.582. The predicted octanol–water partition coefficient (Wildman–Crippen LogP) is 4.22. The lowest BCUT2D eigenvalue weighted by Gasteiger charge is -2.18. The molecule has 0 saturated heterocycles. The third-order valence-electron chi connectivity index (χ3n) is 4.45. The number of pyridine rings is 1. The Morgan fingerprint density at radius 3 is 2.52 bits per heavy atom. The van der Waals surface area contributed by atoms with Gasteiger partial charge >= 0.3 is 0 Å². The van der Waals surface area contributed by atoms with Gasteiger partial charge < -0.3 is 10.1 Å². The summed E-state index contributed by atoms with van der Waals surface area (Å²) in [7, 11) is 1.66. The van der Waals surface area contributed by atoms with Crippen molar-refractivity contribution >= 4 is 16.7 Å². The second-order valence-electron chi connectivity index (χ2n) is 6.18. The van der Waals surface area contributed by atoms with Gasteiger partial charge in [0.2, 0.25) is 5.91 Å². The number of ether oxygens (including phenoxy) is 1. The zero-order valence-corrected chi connectivity index (χ0v) is 14.7. The number of aromatic nitrogens is 1. The number of nitrogens with one attached hydrogen (secondary N) is 1. The van der Waals surface area contributed by atoms with Crippen molar-refractivity contribution in [1.29, 1.82) is 0 Å². The van der Waals surface area contributed by atoms with Gasteiger partial charge in [-0.15, -0.1) is 0 Å². The minimum absolute atomic E-state index is 0.00832. The molecule has 3 aromatic rings. The number of hydrogen-bond donors (Lipinski definition) is 1. The molecule has 1 heterocycles. The van der Waals surface area contributed by atoms with Crippen LogP contribution in [0.15, 0.2) is 60.8 Å². The fourth-order valence-electron chi connectivity index (χ4n) is 2.83. The first-order chi connectivity index (χ1) is 12.1. The molecule has 0 radical (unpaired) electrons. The number of methoxy groups -OCH3 is 1. The van der Waals surface area contributed by atoms with E-state index in [0.717, 1.165) is 27.8 Å². The van der Waals surface area contributed by atoms with Gasteiger partial charge in [-0.25, -0.2) is 0 Å². The van der Waals surface area contributed by atoms with Crippen LogP contribution in [0.25, 0.3) is 10.8 Å². The van der Waals surface area contributed by atoms with E-state index in [2.05, 4.69) is 16.4 Å². The van der Waals surface area contributed by atoms with E-state index in [1.165, 1.54) is 0 Å². The van der Waals surface area contributed by atoms with Crippen molar-refractivity contribution in [3.63, 3.8) is 0 Å². The highest BCUT2D eigenvalue weighted by Crippen LogP contribution is 2.25. The summed E-state index contributed by atoms with van der Waals surface area (Å²) >= 11 is 0. The molecule has 3 rings (SSSR count). The molecule has 25 heavy (non-hydrogen) atoms. The van der Waals surface area contributed by atoms with Crippen LogP contribution in [0.2, 0.25) is 0 Å². The maximum absolute atomic E-state index is 12.6. The monoisotopic (exact) mass is 334 g/mol. The fraction of sp³-hybridized carbons (Fsp3) is 0.238. The van der Waals surface area contributed by atoms with Gasteiger partial charge in [-0.2, -0.15) is 0 Å². The Labute approximate surface area is 147 Å². The maximum Gasteiger partial charge on any atom is 0.227 e. The van der Waals surface area contributed by atoms with Crippen molar-refractivity contribution in [2.24, 2.45) is 0 Å². The molecule has 0 saturated carbocycles. The number of carbonyl (C=O) groups is 1. The van der Waals surface area contributed by atoms with Crippen LogP contribution in [0.3, 0.4) is 0 Å². The second-order valence-corrected chi connectivity index (χ2v) is 6.18. The topological polar surface area (TPSA) is 51.2 Å². The Bertz CT molecular complexity index is 877. The molecule has 4 heteroatoms. The van der Waals surface area contributed by atoms with E-state index >= 15 is 0 Å². The van der Waals surface area contributed by atoms with Crippen LogP contribution in [-0.2, 0) is 4.79 Å². The van der Waals surface area contributed by atoms with Crippen LogP contribution < -0.4 is 10.1 Å². The highest BCUT2D eigenvalue weighted by molar-refractivity contribution is 5.88. The number of hydrogen-bond acceptors (Lipinski definition) is 3. The van der Waals surface area contributed by atoms with Crippen LogP contribution in [0, 0.1) is 0 Å². The molecule has 0 spiro atoms. The largest absolute Gasteiger partial charge is 0.497 e. The van der Waals surface area contributed by atoms with E-state index in [1.807, 2.05) is 62.4 Å². The van der Waals surface area contributed by atoms with Crippen LogP contribution in [0.1, 0.15) is 37.1 Å². The van der Waals surface area contributed by atoms with Crippen LogP contribution in [0.4, 0.5) is 0 Å². The molecule has 0 aliphatic heterocycles. The van der Waals surface area contributed by atoms with Crippen LogP contribution >= 0.6 is 0 Å². The molecule has 0 fully saturated rings. The summed E-state index contributed by atoms with van der Waals surface area (Å²) in [4.78, 5) is 16.9. The zero-order valence-electron chi connectivity index (χ0n) is 14.7. The maximum atomic E-state index is 12.6. The van der Waals surface area contributed by atoms with Crippen molar-refractivity contribution in [2.75, 3.05) is 7.11 Å². The average molecular weight is 334 g/mol. The quantitative estimate of drug-likeness (QED) is 0.760. The Balaban J connectivity index is 1.76. The van der Waals surface area contributed by atoms with Crippen molar-refractivity contribution in [2.45, 2.75) is 25.8 Å². The highest BCUT2D eigenvalue weighted by atomic mass is 16.5. The highest BCUT2D eigenvalue weighted by Gasteiger charge is 2.18. The van der Waals surface area contributed by atoms with Crippen LogP contribution in [-0.4, -0.2) is 18.0 Å². The van der Waals surface area contributed by atoms with E-state index in [0.29, 0.717) is 0 Å². The van der Waals surface area contributed by atoms with E-state index in [-0.39, 0.29) is 17.9 Å². The second kappa shape index (κ2) is 7.34. The van der Waals surface area contributed by atoms with E-state index < -0.39 is 0 Å². The minimum atomic E-state index is -0.238. The Morgan fingerprint density at radius 2 is 1.80 bits per heavy atom. The van der Waals surface area contributed by atoms with Crippen molar-refractivity contribution < 1.29 is 9.53 Å². The molecule has 0 aliphatic carbocycles. The number of rotatable bonds is 5.